The van der Waals surface area contributed by atoms with Crippen LogP contribution in [0.3, 0.4) is 0 Å². The van der Waals surface area contributed by atoms with Crippen molar-refractivity contribution in [3.63, 3.8) is 0 Å². The number of amides is 1. The number of carbonyl (C=O) groups excluding carboxylic acids is 1. The quantitative estimate of drug-likeness (QED) is 0.509. The average molecular weight is 237 g/mol. The Kier molecular flexibility index (Phi) is 6.46. The lowest BCUT2D eigenvalue weighted by Crippen LogP contribution is -2.34. The van der Waals surface area contributed by atoms with E-state index in [0.717, 1.165) is 0 Å². The van der Waals surface area contributed by atoms with Gasteiger partial charge in [0.15, 0.2) is 0 Å². The van der Waals surface area contributed by atoms with E-state index in [1.807, 2.05) is 6.92 Å². The van der Waals surface area contributed by atoms with Crippen molar-refractivity contribution in [3.05, 3.63) is 0 Å². The van der Waals surface area contributed by atoms with E-state index in [0.29, 0.717) is 13.0 Å². The van der Waals surface area contributed by atoms with Crippen molar-refractivity contribution in [3.8, 4) is 0 Å². The largest absolute Gasteiger partial charge is 0.355 e. The minimum absolute atomic E-state index is 0.105. The molecular weight excluding hydrogens is 218 g/mol. The number of hydrogen-bond donors (Lipinski definition) is 3. The molecule has 0 saturated heterocycles. The summed E-state index contributed by atoms with van der Waals surface area (Å²) in [5.74, 6) is -0.156. The van der Waals surface area contributed by atoms with E-state index in [2.05, 4.69) is 10.0 Å². The molecule has 0 saturated carbocycles. The first-order valence-electron chi connectivity index (χ1n) is 4.79. The molecule has 15 heavy (non-hydrogen) atoms. The molecule has 4 N–H and O–H groups in total. The first-order chi connectivity index (χ1) is 6.91. The Balaban J connectivity index is 3.74. The summed E-state index contributed by atoms with van der Waals surface area (Å²) in [6.07, 6.45) is 0.329. The molecule has 0 aliphatic rings. The Hall–Kier alpha value is -0.660. The molecule has 6 nitrogen and oxygen atoms in total. The van der Waals surface area contributed by atoms with E-state index in [-0.39, 0.29) is 24.1 Å². The molecule has 0 aromatic carbocycles. The number of hydrogen-bond acceptors (Lipinski definition) is 4. The summed E-state index contributed by atoms with van der Waals surface area (Å²) in [6.45, 7) is 2.44. The molecule has 0 radical (unpaired) electrons. The van der Waals surface area contributed by atoms with Crippen LogP contribution in [0.4, 0.5) is 0 Å². The lowest BCUT2D eigenvalue weighted by molar-refractivity contribution is -0.121. The van der Waals surface area contributed by atoms with Gasteiger partial charge in [0.1, 0.15) is 0 Å². The maximum Gasteiger partial charge on any atom is 0.220 e. The molecule has 1 unspecified atom stereocenters. The maximum absolute atomic E-state index is 11.2. The topological polar surface area (TPSA) is 101 Å². The molecule has 0 spiro atoms. The van der Waals surface area contributed by atoms with Crippen LogP contribution in [-0.2, 0) is 14.8 Å². The zero-order valence-electron chi connectivity index (χ0n) is 9.12. The molecule has 0 fully saturated rings. The van der Waals surface area contributed by atoms with Gasteiger partial charge in [-0.15, -0.1) is 0 Å². The third-order valence-electron chi connectivity index (χ3n) is 1.94. The van der Waals surface area contributed by atoms with Crippen LogP contribution in [0.25, 0.3) is 0 Å². The number of sulfonamides is 1. The predicted molar refractivity (Wildman–Crippen MR) is 58.7 cm³/mol. The second-order valence-corrected chi connectivity index (χ2v) is 5.46. The third-order valence-corrected chi connectivity index (χ3v) is 3.30. The average Bonchev–Trinajstić information content (AvgIpc) is 2.17. The molecule has 7 heteroatoms. The van der Waals surface area contributed by atoms with E-state index in [1.54, 1.807) is 0 Å². The standard InChI is InChI=1S/C8H19N3O3S/c1-7(6-9)5-8(12)11-3-4-15(13,14)10-2/h7,10H,3-6,9H2,1-2H3,(H,11,12). The third kappa shape index (κ3) is 7.29. The summed E-state index contributed by atoms with van der Waals surface area (Å²) in [7, 11) is -1.90. The van der Waals surface area contributed by atoms with Crippen LogP contribution in [0, 0.1) is 5.92 Å². The van der Waals surface area contributed by atoms with E-state index in [9.17, 15) is 13.2 Å². The summed E-state index contributed by atoms with van der Waals surface area (Å²) in [4.78, 5) is 11.2. The minimum Gasteiger partial charge on any atom is -0.355 e. The molecule has 0 aromatic heterocycles. The van der Waals surface area contributed by atoms with Gasteiger partial charge < -0.3 is 11.1 Å². The van der Waals surface area contributed by atoms with E-state index in [1.165, 1.54) is 7.05 Å². The Morgan fingerprint density at radius 1 is 1.47 bits per heavy atom. The van der Waals surface area contributed by atoms with Crippen LogP contribution >= 0.6 is 0 Å². The number of nitrogens with two attached hydrogens (primary N) is 1. The Morgan fingerprint density at radius 2 is 2.07 bits per heavy atom. The summed E-state index contributed by atoms with van der Waals surface area (Å²) < 4.78 is 24.1. The van der Waals surface area contributed by atoms with E-state index in [4.69, 9.17) is 5.73 Å². The van der Waals surface area contributed by atoms with Crippen molar-refractivity contribution in [2.24, 2.45) is 11.7 Å². The number of nitrogens with one attached hydrogen (secondary N) is 2. The van der Waals surface area contributed by atoms with Crippen LogP contribution in [-0.4, -0.2) is 40.2 Å². The second kappa shape index (κ2) is 6.76. The van der Waals surface area contributed by atoms with Crippen molar-refractivity contribution in [2.75, 3.05) is 25.9 Å². The first-order valence-corrected chi connectivity index (χ1v) is 6.44. The Bertz CT molecular complexity index is 290. The fourth-order valence-corrected chi connectivity index (χ4v) is 1.47. The molecule has 90 valence electrons. The van der Waals surface area contributed by atoms with Crippen molar-refractivity contribution >= 4 is 15.9 Å². The SMILES string of the molecule is CNS(=O)(=O)CCNC(=O)CC(C)CN. The van der Waals surface area contributed by atoms with Gasteiger partial charge in [0.2, 0.25) is 15.9 Å². The minimum atomic E-state index is -3.24. The lowest BCUT2D eigenvalue weighted by Gasteiger charge is -2.08. The molecule has 0 aromatic rings. The van der Waals surface area contributed by atoms with Gasteiger partial charge in [-0.2, -0.15) is 0 Å². The van der Waals surface area contributed by atoms with Crippen LogP contribution in [0.15, 0.2) is 0 Å². The highest BCUT2D eigenvalue weighted by atomic mass is 32.2. The molecule has 1 amide bonds. The van der Waals surface area contributed by atoms with Crippen LogP contribution < -0.4 is 15.8 Å². The smallest absolute Gasteiger partial charge is 0.220 e. The summed E-state index contributed by atoms with van der Waals surface area (Å²) in [5.41, 5.74) is 5.35. The van der Waals surface area contributed by atoms with Crippen molar-refractivity contribution in [2.45, 2.75) is 13.3 Å². The monoisotopic (exact) mass is 237 g/mol. The van der Waals surface area contributed by atoms with Gasteiger partial charge in [-0.1, -0.05) is 6.92 Å². The van der Waals surface area contributed by atoms with Gasteiger partial charge >= 0.3 is 0 Å². The fourth-order valence-electron chi connectivity index (χ4n) is 0.899. The van der Waals surface area contributed by atoms with Crippen molar-refractivity contribution < 1.29 is 13.2 Å². The van der Waals surface area contributed by atoms with Gasteiger partial charge in [0.05, 0.1) is 5.75 Å². The normalized spacial score (nSPS) is 13.5. The fraction of sp³-hybridized carbons (Fsp3) is 0.875. The van der Waals surface area contributed by atoms with E-state index >= 15 is 0 Å². The highest BCUT2D eigenvalue weighted by molar-refractivity contribution is 7.89. The zero-order chi connectivity index (χ0) is 11.9. The first kappa shape index (κ1) is 14.3. The highest BCUT2D eigenvalue weighted by Crippen LogP contribution is 1.97. The predicted octanol–water partition coefficient (Wildman–Crippen LogP) is -1.36. The Labute approximate surface area is 90.7 Å². The molecule has 0 bridgehead atoms. The lowest BCUT2D eigenvalue weighted by atomic mass is 10.1. The molecule has 0 rings (SSSR count). The van der Waals surface area contributed by atoms with Crippen LogP contribution in [0.1, 0.15) is 13.3 Å². The summed E-state index contributed by atoms with van der Waals surface area (Å²) >= 11 is 0. The van der Waals surface area contributed by atoms with Gasteiger partial charge in [0.25, 0.3) is 0 Å². The maximum atomic E-state index is 11.2. The number of rotatable bonds is 7. The Morgan fingerprint density at radius 3 is 2.53 bits per heavy atom. The van der Waals surface area contributed by atoms with Crippen molar-refractivity contribution in [1.82, 2.24) is 10.0 Å². The van der Waals surface area contributed by atoms with Crippen LogP contribution in [0.5, 0.6) is 0 Å². The molecule has 0 aliphatic carbocycles. The van der Waals surface area contributed by atoms with Gasteiger partial charge in [-0.25, -0.2) is 13.1 Å². The summed E-state index contributed by atoms with van der Waals surface area (Å²) in [6, 6.07) is 0. The van der Waals surface area contributed by atoms with Gasteiger partial charge in [-0.3, -0.25) is 4.79 Å². The number of carbonyl (C=O) groups is 1. The van der Waals surface area contributed by atoms with Gasteiger partial charge in [-0.05, 0) is 19.5 Å². The summed E-state index contributed by atoms with van der Waals surface area (Å²) in [5, 5.41) is 2.52. The molecule has 0 heterocycles. The molecular formula is C8H19N3O3S. The zero-order valence-corrected chi connectivity index (χ0v) is 9.93. The molecule has 1 atom stereocenters. The van der Waals surface area contributed by atoms with Crippen LogP contribution in [0.2, 0.25) is 0 Å². The highest BCUT2D eigenvalue weighted by Gasteiger charge is 2.09. The van der Waals surface area contributed by atoms with Crippen molar-refractivity contribution in [1.29, 1.82) is 0 Å². The molecule has 0 aliphatic heterocycles. The van der Waals surface area contributed by atoms with E-state index < -0.39 is 10.0 Å². The second-order valence-electron chi connectivity index (χ2n) is 3.42. The van der Waals surface area contributed by atoms with Gasteiger partial charge in [0, 0.05) is 13.0 Å².